The van der Waals surface area contributed by atoms with Gasteiger partial charge in [0.1, 0.15) is 6.04 Å². The minimum absolute atomic E-state index is 0.102. The third-order valence-electron chi connectivity index (χ3n) is 5.78. The van der Waals surface area contributed by atoms with Crippen LogP contribution in [0.3, 0.4) is 0 Å². The quantitative estimate of drug-likeness (QED) is 0.392. The second-order valence-corrected chi connectivity index (χ2v) is 11.0. The lowest BCUT2D eigenvalue weighted by Gasteiger charge is -2.29. The molecule has 192 valence electrons. The summed E-state index contributed by atoms with van der Waals surface area (Å²) in [7, 11) is -3.52. The first kappa shape index (κ1) is 28.7. The Morgan fingerprint density at radius 1 is 1.09 bits per heavy atom. The number of nitrogens with zero attached hydrogens (tertiary/aromatic N) is 2. The van der Waals surface area contributed by atoms with Gasteiger partial charge in [-0.1, -0.05) is 55.3 Å². The molecule has 0 heterocycles. The molecule has 0 aliphatic rings. The maximum Gasteiger partial charge on any atom is 0.242 e. The standard InChI is InChI=1S/C26H36ClN3O4S/c1-5-6-16-28-26(32)21(3)29(19-22-12-9-13-23(27)18-22)25(31)15-10-17-30(35(4,33)34)24-14-8-7-11-20(24)2/h7-9,11-14,18,21H,5-6,10,15-17,19H2,1-4H3,(H,28,32)/t21-/m0/s1. The third kappa shape index (κ3) is 8.85. The van der Waals surface area contributed by atoms with Crippen LogP contribution in [-0.4, -0.2) is 50.5 Å². The zero-order valence-electron chi connectivity index (χ0n) is 21.0. The lowest BCUT2D eigenvalue weighted by Crippen LogP contribution is -2.48. The Morgan fingerprint density at radius 3 is 2.43 bits per heavy atom. The monoisotopic (exact) mass is 521 g/mol. The number of aryl methyl sites for hydroxylation is 1. The lowest BCUT2D eigenvalue weighted by molar-refractivity contribution is -0.140. The molecule has 1 N–H and O–H groups in total. The normalized spacial score (nSPS) is 12.1. The van der Waals surface area contributed by atoms with E-state index in [4.69, 9.17) is 11.6 Å². The molecule has 1 atom stereocenters. The minimum Gasteiger partial charge on any atom is -0.354 e. The van der Waals surface area contributed by atoms with Crippen LogP contribution >= 0.6 is 11.6 Å². The van der Waals surface area contributed by atoms with E-state index in [-0.39, 0.29) is 31.3 Å². The zero-order chi connectivity index (χ0) is 26.0. The summed E-state index contributed by atoms with van der Waals surface area (Å²) in [6, 6.07) is 13.8. The van der Waals surface area contributed by atoms with Gasteiger partial charge in [0.15, 0.2) is 0 Å². The molecule has 0 saturated heterocycles. The average molecular weight is 522 g/mol. The van der Waals surface area contributed by atoms with E-state index in [2.05, 4.69) is 5.32 Å². The number of sulfonamides is 1. The molecule has 0 aliphatic heterocycles. The molecule has 0 aliphatic carbocycles. The smallest absolute Gasteiger partial charge is 0.242 e. The van der Waals surface area contributed by atoms with Gasteiger partial charge in [0, 0.05) is 31.1 Å². The number of para-hydroxylation sites is 1. The predicted octanol–water partition coefficient (Wildman–Crippen LogP) is 4.53. The molecule has 2 amide bonds. The van der Waals surface area contributed by atoms with Gasteiger partial charge in [-0.15, -0.1) is 0 Å². The zero-order valence-corrected chi connectivity index (χ0v) is 22.5. The van der Waals surface area contributed by atoms with Crippen molar-refractivity contribution in [2.45, 2.75) is 59.0 Å². The second-order valence-electron chi connectivity index (χ2n) is 8.70. The number of nitrogens with one attached hydrogen (secondary N) is 1. The van der Waals surface area contributed by atoms with Crippen molar-refractivity contribution in [1.29, 1.82) is 0 Å². The number of anilines is 1. The second kappa shape index (κ2) is 13.5. The first-order valence-electron chi connectivity index (χ1n) is 11.9. The van der Waals surface area contributed by atoms with Crippen LogP contribution in [0, 0.1) is 6.92 Å². The van der Waals surface area contributed by atoms with Crippen LogP contribution in [0.5, 0.6) is 0 Å². The molecule has 7 nitrogen and oxygen atoms in total. The number of hydrogen-bond acceptors (Lipinski definition) is 4. The number of rotatable bonds is 13. The van der Waals surface area contributed by atoms with Crippen molar-refractivity contribution in [1.82, 2.24) is 10.2 Å². The molecule has 0 aromatic heterocycles. The maximum atomic E-state index is 13.3. The summed E-state index contributed by atoms with van der Waals surface area (Å²) in [5.74, 6) is -0.437. The molecule has 0 spiro atoms. The number of halogens is 1. The summed E-state index contributed by atoms with van der Waals surface area (Å²) < 4.78 is 26.2. The van der Waals surface area contributed by atoms with E-state index in [9.17, 15) is 18.0 Å². The predicted molar refractivity (Wildman–Crippen MR) is 142 cm³/mol. The summed E-state index contributed by atoms with van der Waals surface area (Å²) in [4.78, 5) is 27.6. The van der Waals surface area contributed by atoms with E-state index in [0.29, 0.717) is 23.7 Å². The SMILES string of the molecule is CCCCNC(=O)[C@H](C)N(Cc1cccc(Cl)c1)C(=O)CCCN(c1ccccc1C)S(C)(=O)=O. The van der Waals surface area contributed by atoms with Gasteiger partial charge >= 0.3 is 0 Å². The fraction of sp³-hybridized carbons (Fsp3) is 0.462. The molecule has 35 heavy (non-hydrogen) atoms. The largest absolute Gasteiger partial charge is 0.354 e. The molecule has 0 saturated carbocycles. The Kier molecular flexibility index (Phi) is 11.0. The van der Waals surface area contributed by atoms with E-state index in [0.717, 1.165) is 30.2 Å². The van der Waals surface area contributed by atoms with E-state index in [1.807, 2.05) is 32.0 Å². The number of unbranched alkanes of at least 4 members (excludes halogenated alkanes) is 1. The summed E-state index contributed by atoms with van der Waals surface area (Å²) in [6.45, 7) is 6.55. The highest BCUT2D eigenvalue weighted by Gasteiger charge is 2.26. The fourth-order valence-corrected chi connectivity index (χ4v) is 5.01. The highest BCUT2D eigenvalue weighted by Crippen LogP contribution is 2.23. The van der Waals surface area contributed by atoms with Crippen molar-refractivity contribution < 1.29 is 18.0 Å². The highest BCUT2D eigenvalue weighted by molar-refractivity contribution is 7.92. The third-order valence-corrected chi connectivity index (χ3v) is 7.19. The van der Waals surface area contributed by atoms with Crippen molar-refractivity contribution in [3.05, 3.63) is 64.7 Å². The van der Waals surface area contributed by atoms with E-state index >= 15 is 0 Å². The first-order valence-corrected chi connectivity index (χ1v) is 14.1. The van der Waals surface area contributed by atoms with Gasteiger partial charge in [-0.2, -0.15) is 0 Å². The van der Waals surface area contributed by atoms with Gasteiger partial charge in [0.2, 0.25) is 21.8 Å². The van der Waals surface area contributed by atoms with Crippen LogP contribution < -0.4 is 9.62 Å². The van der Waals surface area contributed by atoms with Crippen molar-refractivity contribution in [3.8, 4) is 0 Å². The molecule has 2 aromatic carbocycles. The summed E-state index contributed by atoms with van der Waals surface area (Å²) in [5.41, 5.74) is 2.25. The Labute approximate surface area is 214 Å². The molecule has 0 unspecified atom stereocenters. The molecule has 0 radical (unpaired) electrons. The number of benzene rings is 2. The lowest BCUT2D eigenvalue weighted by atomic mass is 10.1. The van der Waals surface area contributed by atoms with Crippen LogP contribution in [0.15, 0.2) is 48.5 Å². The Hall–Kier alpha value is -2.58. The Balaban J connectivity index is 2.15. The number of hydrogen-bond donors (Lipinski definition) is 1. The first-order chi connectivity index (χ1) is 16.5. The van der Waals surface area contributed by atoms with Gasteiger partial charge in [0.25, 0.3) is 0 Å². The van der Waals surface area contributed by atoms with E-state index in [1.54, 1.807) is 37.3 Å². The van der Waals surface area contributed by atoms with Gasteiger partial charge in [0.05, 0.1) is 11.9 Å². The number of amides is 2. The molecular formula is C26H36ClN3O4S. The van der Waals surface area contributed by atoms with Gasteiger partial charge in [-0.3, -0.25) is 13.9 Å². The van der Waals surface area contributed by atoms with Crippen LogP contribution in [0.1, 0.15) is 50.7 Å². The van der Waals surface area contributed by atoms with Crippen LogP contribution in [0.4, 0.5) is 5.69 Å². The maximum absolute atomic E-state index is 13.3. The summed E-state index contributed by atoms with van der Waals surface area (Å²) >= 11 is 6.12. The molecule has 2 rings (SSSR count). The van der Waals surface area contributed by atoms with Crippen LogP contribution in [-0.2, 0) is 26.2 Å². The van der Waals surface area contributed by atoms with Crippen molar-refractivity contribution in [3.63, 3.8) is 0 Å². The Bertz CT molecular complexity index is 1110. The van der Waals surface area contributed by atoms with Crippen molar-refractivity contribution in [2.24, 2.45) is 0 Å². The number of carbonyl (C=O) groups is 2. The van der Waals surface area contributed by atoms with Gasteiger partial charge in [-0.25, -0.2) is 8.42 Å². The topological polar surface area (TPSA) is 86.8 Å². The molecule has 0 fully saturated rings. The van der Waals surface area contributed by atoms with Crippen LogP contribution in [0.25, 0.3) is 0 Å². The fourth-order valence-electron chi connectivity index (χ4n) is 3.78. The van der Waals surface area contributed by atoms with Gasteiger partial charge in [-0.05, 0) is 56.0 Å². The van der Waals surface area contributed by atoms with E-state index < -0.39 is 16.1 Å². The minimum atomic E-state index is -3.52. The molecule has 9 heteroatoms. The molecular weight excluding hydrogens is 486 g/mol. The van der Waals surface area contributed by atoms with E-state index in [1.165, 1.54) is 9.21 Å². The van der Waals surface area contributed by atoms with Crippen LogP contribution in [0.2, 0.25) is 5.02 Å². The average Bonchev–Trinajstić information content (AvgIpc) is 2.80. The van der Waals surface area contributed by atoms with Crippen molar-refractivity contribution in [2.75, 3.05) is 23.7 Å². The Morgan fingerprint density at radius 2 is 1.80 bits per heavy atom. The highest BCUT2D eigenvalue weighted by atomic mass is 35.5. The molecule has 0 bridgehead atoms. The summed E-state index contributed by atoms with van der Waals surface area (Å²) in [5, 5.41) is 3.44. The van der Waals surface area contributed by atoms with Crippen molar-refractivity contribution >= 4 is 39.1 Å². The summed E-state index contributed by atoms with van der Waals surface area (Å²) in [6.07, 6.45) is 3.40. The molecule has 2 aromatic rings. The number of carbonyl (C=O) groups excluding carboxylic acids is 2. The van der Waals surface area contributed by atoms with Gasteiger partial charge < -0.3 is 10.2 Å².